The number of aryl methyl sites for hydroxylation is 1. The highest BCUT2D eigenvalue weighted by Gasteiger charge is 2.34. The number of ketones is 1. The summed E-state index contributed by atoms with van der Waals surface area (Å²) in [5, 5.41) is 13.5. The molecule has 0 radical (unpaired) electrons. The fourth-order valence-corrected chi connectivity index (χ4v) is 3.01. The fourth-order valence-electron chi connectivity index (χ4n) is 3.01. The summed E-state index contributed by atoms with van der Waals surface area (Å²) in [6.45, 7) is 1.34. The zero-order valence-electron chi connectivity index (χ0n) is 18.1. The molecule has 1 N–H and O–H groups in total. The number of amides is 1. The second-order valence-electron chi connectivity index (χ2n) is 7.39. The highest BCUT2D eigenvalue weighted by molar-refractivity contribution is 6.07. The maximum atomic E-state index is 12.9. The van der Waals surface area contributed by atoms with Gasteiger partial charge in [-0.25, -0.2) is 4.79 Å². The van der Waals surface area contributed by atoms with Crippen LogP contribution in [0.25, 0.3) is 0 Å². The van der Waals surface area contributed by atoms with Crippen molar-refractivity contribution in [2.45, 2.75) is 13.1 Å². The Morgan fingerprint density at radius 2 is 1.66 bits per heavy atom. The summed E-state index contributed by atoms with van der Waals surface area (Å²) in [6, 6.07) is 13.5. The van der Waals surface area contributed by atoms with Gasteiger partial charge in [-0.05, 0) is 37.3 Å². The van der Waals surface area contributed by atoms with Crippen molar-refractivity contribution in [2.75, 3.05) is 11.9 Å². The van der Waals surface area contributed by atoms with Gasteiger partial charge in [0.1, 0.15) is 5.56 Å². The number of hydrogen-bond acceptors (Lipinski definition) is 6. The lowest BCUT2D eigenvalue weighted by atomic mass is 10.1. The molecule has 3 aromatic carbocycles. The number of Topliss-reactive ketones (excluding diaryl/α,β-unsaturated/α-hetero) is 1. The molecule has 0 heterocycles. The van der Waals surface area contributed by atoms with E-state index in [0.29, 0.717) is 17.7 Å². The van der Waals surface area contributed by atoms with Crippen molar-refractivity contribution in [3.63, 3.8) is 0 Å². The second-order valence-corrected chi connectivity index (χ2v) is 7.39. The van der Waals surface area contributed by atoms with Crippen LogP contribution in [0.3, 0.4) is 0 Å². The molecule has 0 aliphatic rings. The summed E-state index contributed by atoms with van der Waals surface area (Å²) in [6.07, 6.45) is -4.82. The molecule has 0 aromatic heterocycles. The van der Waals surface area contributed by atoms with Crippen LogP contribution in [0.15, 0.2) is 66.7 Å². The summed E-state index contributed by atoms with van der Waals surface area (Å²) in [5.41, 5.74) is -1.57. The molecule has 3 rings (SSSR count). The topological polar surface area (TPSA) is 116 Å². The first-order valence-corrected chi connectivity index (χ1v) is 10.00. The SMILES string of the molecule is Cc1ccc(C(=O)COC(=O)c2cccc(NC(=O)c3ccc(C(F)(F)F)cc3[N+](=O)[O-])c2)cc1. The molecule has 35 heavy (non-hydrogen) atoms. The van der Waals surface area contributed by atoms with Crippen LogP contribution in [0, 0.1) is 17.0 Å². The predicted molar refractivity (Wildman–Crippen MR) is 118 cm³/mol. The number of carbonyl (C=O) groups is 3. The minimum absolute atomic E-state index is 0.0265. The molecule has 0 saturated carbocycles. The first-order chi connectivity index (χ1) is 16.5. The molecule has 180 valence electrons. The molecular weight excluding hydrogens is 469 g/mol. The Bertz CT molecular complexity index is 1300. The molecule has 0 saturated heterocycles. The van der Waals surface area contributed by atoms with Gasteiger partial charge in [-0.2, -0.15) is 13.2 Å². The minimum Gasteiger partial charge on any atom is -0.454 e. The van der Waals surface area contributed by atoms with Crippen LogP contribution < -0.4 is 5.32 Å². The molecule has 0 aliphatic heterocycles. The average Bonchev–Trinajstić information content (AvgIpc) is 2.81. The minimum atomic E-state index is -4.82. The third kappa shape index (κ3) is 6.28. The number of halogens is 3. The number of ether oxygens (including phenoxy) is 1. The van der Waals surface area contributed by atoms with Crippen molar-refractivity contribution in [2.24, 2.45) is 0 Å². The highest BCUT2D eigenvalue weighted by Crippen LogP contribution is 2.33. The quantitative estimate of drug-likeness (QED) is 0.212. The molecule has 11 heteroatoms. The molecule has 0 unspecified atom stereocenters. The van der Waals surface area contributed by atoms with Crippen LogP contribution >= 0.6 is 0 Å². The Kier molecular flexibility index (Phi) is 7.28. The first kappa shape index (κ1) is 25.1. The first-order valence-electron chi connectivity index (χ1n) is 10.00. The van der Waals surface area contributed by atoms with Crippen LogP contribution in [-0.4, -0.2) is 29.2 Å². The molecule has 0 aliphatic carbocycles. The van der Waals surface area contributed by atoms with Crippen molar-refractivity contribution in [1.29, 1.82) is 0 Å². The van der Waals surface area contributed by atoms with Gasteiger partial charge in [-0.15, -0.1) is 0 Å². The van der Waals surface area contributed by atoms with Crippen LogP contribution in [0.4, 0.5) is 24.5 Å². The molecule has 0 atom stereocenters. The molecule has 8 nitrogen and oxygen atoms in total. The van der Waals surface area contributed by atoms with Gasteiger partial charge in [0.2, 0.25) is 0 Å². The zero-order chi connectivity index (χ0) is 25.8. The van der Waals surface area contributed by atoms with Crippen molar-refractivity contribution in [3.05, 3.63) is 105 Å². The number of esters is 1. The zero-order valence-corrected chi connectivity index (χ0v) is 18.1. The van der Waals surface area contributed by atoms with E-state index < -0.39 is 52.2 Å². The number of anilines is 1. The van der Waals surface area contributed by atoms with E-state index >= 15 is 0 Å². The average molecular weight is 486 g/mol. The Labute approximate surface area is 196 Å². The van der Waals surface area contributed by atoms with Gasteiger partial charge in [0.05, 0.1) is 16.1 Å². The number of nitrogens with one attached hydrogen (secondary N) is 1. The number of rotatable bonds is 7. The molecule has 0 spiro atoms. The smallest absolute Gasteiger partial charge is 0.416 e. The lowest BCUT2D eigenvalue weighted by Gasteiger charge is -2.10. The standard InChI is InChI=1S/C24H17F3N2O6/c1-14-5-7-15(8-6-14)21(30)13-35-23(32)16-3-2-4-18(11-16)28-22(31)19-10-9-17(24(25,26)27)12-20(19)29(33)34/h2-12H,13H2,1H3,(H,28,31). The van der Waals surface area contributed by atoms with Gasteiger partial charge in [0, 0.05) is 17.3 Å². The van der Waals surface area contributed by atoms with Crippen LogP contribution in [0.5, 0.6) is 0 Å². The number of carbonyl (C=O) groups excluding carboxylic acids is 3. The van der Waals surface area contributed by atoms with E-state index in [2.05, 4.69) is 5.32 Å². The van der Waals surface area contributed by atoms with E-state index in [1.807, 2.05) is 6.92 Å². The van der Waals surface area contributed by atoms with Gasteiger partial charge < -0.3 is 10.1 Å². The van der Waals surface area contributed by atoms with E-state index in [1.54, 1.807) is 24.3 Å². The molecule has 1 amide bonds. The summed E-state index contributed by atoms with van der Waals surface area (Å²) >= 11 is 0. The van der Waals surface area contributed by atoms with E-state index in [-0.39, 0.29) is 17.3 Å². The van der Waals surface area contributed by atoms with Crippen molar-refractivity contribution < 1.29 is 37.2 Å². The van der Waals surface area contributed by atoms with Gasteiger partial charge in [-0.3, -0.25) is 19.7 Å². The Balaban J connectivity index is 1.71. The molecular formula is C24H17F3N2O6. The lowest BCUT2D eigenvalue weighted by Crippen LogP contribution is -2.16. The van der Waals surface area contributed by atoms with E-state index in [1.165, 1.54) is 24.3 Å². The number of nitro groups is 1. The lowest BCUT2D eigenvalue weighted by molar-refractivity contribution is -0.385. The second kappa shape index (κ2) is 10.2. The monoisotopic (exact) mass is 486 g/mol. The molecule has 0 fully saturated rings. The Hall–Kier alpha value is -4.54. The summed E-state index contributed by atoms with van der Waals surface area (Å²) in [5.74, 6) is -2.33. The van der Waals surface area contributed by atoms with Crippen LogP contribution in [0.1, 0.15) is 42.2 Å². The largest absolute Gasteiger partial charge is 0.454 e. The molecule has 0 bridgehead atoms. The van der Waals surface area contributed by atoms with Crippen molar-refractivity contribution in [1.82, 2.24) is 0 Å². The summed E-state index contributed by atoms with van der Waals surface area (Å²) in [4.78, 5) is 47.2. The van der Waals surface area contributed by atoms with Crippen molar-refractivity contribution in [3.8, 4) is 0 Å². The normalized spacial score (nSPS) is 11.0. The number of benzene rings is 3. The van der Waals surface area contributed by atoms with Crippen LogP contribution in [-0.2, 0) is 10.9 Å². The summed E-state index contributed by atoms with van der Waals surface area (Å²) in [7, 11) is 0. The molecule has 3 aromatic rings. The maximum absolute atomic E-state index is 12.9. The van der Waals surface area contributed by atoms with E-state index in [0.717, 1.165) is 5.56 Å². The Morgan fingerprint density at radius 1 is 0.971 bits per heavy atom. The number of hydrogen-bond donors (Lipinski definition) is 1. The van der Waals surface area contributed by atoms with E-state index in [9.17, 15) is 37.7 Å². The van der Waals surface area contributed by atoms with Gasteiger partial charge >= 0.3 is 12.1 Å². The highest BCUT2D eigenvalue weighted by atomic mass is 19.4. The number of alkyl halides is 3. The number of nitrogens with zero attached hydrogens (tertiary/aromatic N) is 1. The Morgan fingerprint density at radius 3 is 2.29 bits per heavy atom. The predicted octanol–water partition coefficient (Wildman–Crippen LogP) is 5.21. The third-order valence-electron chi connectivity index (χ3n) is 4.83. The van der Waals surface area contributed by atoms with Crippen LogP contribution in [0.2, 0.25) is 0 Å². The van der Waals surface area contributed by atoms with E-state index in [4.69, 9.17) is 4.74 Å². The van der Waals surface area contributed by atoms with Crippen molar-refractivity contribution >= 4 is 29.0 Å². The van der Waals surface area contributed by atoms with Gasteiger partial charge in [-0.1, -0.05) is 35.9 Å². The maximum Gasteiger partial charge on any atom is 0.416 e. The number of nitro benzene ring substituents is 1. The fraction of sp³-hybridized carbons (Fsp3) is 0.125. The van der Waals surface area contributed by atoms with Gasteiger partial charge in [0.15, 0.2) is 12.4 Å². The van der Waals surface area contributed by atoms with Gasteiger partial charge in [0.25, 0.3) is 11.6 Å². The summed E-state index contributed by atoms with van der Waals surface area (Å²) < 4.78 is 43.6. The third-order valence-corrected chi connectivity index (χ3v) is 4.83.